The lowest BCUT2D eigenvalue weighted by Crippen LogP contribution is -2.11. The number of halogens is 1. The van der Waals surface area contributed by atoms with Gasteiger partial charge in [-0.3, -0.25) is 4.79 Å². The van der Waals surface area contributed by atoms with E-state index < -0.39 is 0 Å². The average molecular weight is 332 g/mol. The second-order valence-corrected chi connectivity index (χ2v) is 5.35. The zero-order valence-corrected chi connectivity index (χ0v) is 13.6. The van der Waals surface area contributed by atoms with Crippen LogP contribution in [0, 0.1) is 6.92 Å². The molecule has 2 heterocycles. The molecule has 0 fully saturated rings. The number of fused-ring (bicyclic) bond motifs is 1. The highest BCUT2D eigenvalue weighted by Gasteiger charge is 2.13. The molecule has 0 spiro atoms. The molecule has 23 heavy (non-hydrogen) atoms. The van der Waals surface area contributed by atoms with Gasteiger partial charge in [0, 0.05) is 23.4 Å². The van der Waals surface area contributed by atoms with Crippen LogP contribution >= 0.6 is 11.6 Å². The number of nitrogens with zero attached hydrogens (tertiary/aromatic N) is 2. The van der Waals surface area contributed by atoms with Crippen LogP contribution in [0.4, 0.5) is 0 Å². The van der Waals surface area contributed by atoms with Gasteiger partial charge < -0.3 is 14.5 Å². The number of hydrogen-bond donors (Lipinski definition) is 1. The summed E-state index contributed by atoms with van der Waals surface area (Å²) >= 11 is 5.98. The quantitative estimate of drug-likeness (QED) is 0.747. The number of benzene rings is 1. The molecule has 6 nitrogen and oxygen atoms in total. The van der Waals surface area contributed by atoms with Crippen LogP contribution in [0.1, 0.15) is 5.69 Å². The van der Waals surface area contributed by atoms with Crippen molar-refractivity contribution in [2.24, 2.45) is 0 Å². The zero-order chi connectivity index (χ0) is 16.6. The Morgan fingerprint density at radius 3 is 2.52 bits per heavy atom. The first-order valence-corrected chi connectivity index (χ1v) is 7.20. The van der Waals surface area contributed by atoms with Crippen LogP contribution in [0.15, 0.2) is 29.1 Å². The molecule has 0 saturated carbocycles. The van der Waals surface area contributed by atoms with Crippen molar-refractivity contribution in [1.82, 2.24) is 15.0 Å². The minimum absolute atomic E-state index is 0.296. The van der Waals surface area contributed by atoms with Gasteiger partial charge in [0.05, 0.1) is 19.7 Å². The lowest BCUT2D eigenvalue weighted by Gasteiger charge is -2.09. The largest absolute Gasteiger partial charge is 0.497 e. The smallest absolute Gasteiger partial charge is 0.262 e. The van der Waals surface area contributed by atoms with Gasteiger partial charge in [-0.2, -0.15) is 0 Å². The summed E-state index contributed by atoms with van der Waals surface area (Å²) in [6.07, 6.45) is 0. The molecule has 0 amide bonds. The minimum atomic E-state index is -0.296. The third-order valence-electron chi connectivity index (χ3n) is 3.40. The Hall–Kier alpha value is -2.60. The summed E-state index contributed by atoms with van der Waals surface area (Å²) < 4.78 is 10.5. The number of ether oxygens (including phenoxy) is 2. The highest BCUT2D eigenvalue weighted by molar-refractivity contribution is 6.29. The first-order chi connectivity index (χ1) is 11.0. The van der Waals surface area contributed by atoms with Crippen LogP contribution in [0.5, 0.6) is 11.5 Å². The molecule has 7 heteroatoms. The lowest BCUT2D eigenvalue weighted by atomic mass is 10.2. The number of methoxy groups -OCH3 is 2. The van der Waals surface area contributed by atoms with E-state index in [4.69, 9.17) is 21.1 Å². The highest BCUT2D eigenvalue weighted by atomic mass is 35.5. The molecule has 2 aromatic heterocycles. The van der Waals surface area contributed by atoms with Gasteiger partial charge in [-0.15, -0.1) is 0 Å². The van der Waals surface area contributed by atoms with Gasteiger partial charge in [0.2, 0.25) is 0 Å². The maximum Gasteiger partial charge on any atom is 0.262 e. The summed E-state index contributed by atoms with van der Waals surface area (Å²) in [5.41, 5.74) is 1.60. The number of aryl methyl sites for hydroxylation is 1. The van der Waals surface area contributed by atoms with Crippen molar-refractivity contribution in [1.29, 1.82) is 0 Å². The van der Waals surface area contributed by atoms with Crippen molar-refractivity contribution < 1.29 is 9.47 Å². The molecule has 3 rings (SSSR count). The summed E-state index contributed by atoms with van der Waals surface area (Å²) in [5, 5.41) is 0.708. The molecule has 3 aromatic rings. The van der Waals surface area contributed by atoms with Crippen LogP contribution < -0.4 is 15.0 Å². The first kappa shape index (κ1) is 15.3. The fourth-order valence-electron chi connectivity index (χ4n) is 2.39. The molecule has 0 bridgehead atoms. The SMILES string of the molecule is COc1cc(OC)c2c(=O)[nH]c(-c3cc(C)nc(Cl)c3)nc2c1. The summed E-state index contributed by atoms with van der Waals surface area (Å²) in [7, 11) is 3.04. The number of rotatable bonds is 3. The van der Waals surface area contributed by atoms with E-state index in [1.807, 2.05) is 6.92 Å². The van der Waals surface area contributed by atoms with Gasteiger partial charge in [-0.1, -0.05) is 11.6 Å². The fourth-order valence-corrected chi connectivity index (χ4v) is 2.64. The van der Waals surface area contributed by atoms with Crippen molar-refractivity contribution in [3.63, 3.8) is 0 Å². The number of aromatic amines is 1. The van der Waals surface area contributed by atoms with Crippen LogP contribution in [0.25, 0.3) is 22.3 Å². The molecule has 0 aliphatic heterocycles. The van der Waals surface area contributed by atoms with Crippen molar-refractivity contribution in [3.05, 3.63) is 45.5 Å². The molecule has 0 unspecified atom stereocenters. The van der Waals surface area contributed by atoms with E-state index in [1.54, 1.807) is 31.4 Å². The van der Waals surface area contributed by atoms with Gasteiger partial charge in [-0.25, -0.2) is 9.97 Å². The molecule has 0 aliphatic rings. The van der Waals surface area contributed by atoms with Crippen molar-refractivity contribution in [2.45, 2.75) is 6.92 Å². The first-order valence-electron chi connectivity index (χ1n) is 6.82. The monoisotopic (exact) mass is 331 g/mol. The lowest BCUT2D eigenvalue weighted by molar-refractivity contribution is 0.397. The number of nitrogens with one attached hydrogen (secondary N) is 1. The van der Waals surface area contributed by atoms with Crippen LogP contribution in [-0.4, -0.2) is 29.2 Å². The second kappa shape index (κ2) is 5.89. The van der Waals surface area contributed by atoms with E-state index in [9.17, 15) is 4.79 Å². The number of H-pyrrole nitrogens is 1. The second-order valence-electron chi connectivity index (χ2n) is 4.96. The van der Waals surface area contributed by atoms with E-state index in [0.29, 0.717) is 38.9 Å². The Morgan fingerprint density at radius 1 is 1.09 bits per heavy atom. The van der Waals surface area contributed by atoms with Crippen LogP contribution in [0.3, 0.4) is 0 Å². The maximum atomic E-state index is 12.5. The van der Waals surface area contributed by atoms with Crippen LogP contribution in [-0.2, 0) is 0 Å². The number of hydrogen-bond acceptors (Lipinski definition) is 5. The van der Waals surface area contributed by atoms with Crippen molar-refractivity contribution >= 4 is 22.5 Å². The maximum absolute atomic E-state index is 12.5. The Labute approximate surface area is 137 Å². The van der Waals surface area contributed by atoms with E-state index in [0.717, 1.165) is 5.69 Å². The minimum Gasteiger partial charge on any atom is -0.497 e. The van der Waals surface area contributed by atoms with Crippen LogP contribution in [0.2, 0.25) is 5.15 Å². The van der Waals surface area contributed by atoms with Gasteiger partial charge in [0.1, 0.15) is 27.9 Å². The molecule has 0 atom stereocenters. The topological polar surface area (TPSA) is 77.1 Å². The van der Waals surface area contributed by atoms with E-state index >= 15 is 0 Å². The van der Waals surface area contributed by atoms with Crippen molar-refractivity contribution in [3.8, 4) is 22.9 Å². The zero-order valence-electron chi connectivity index (χ0n) is 12.8. The predicted octanol–water partition coefficient (Wildman–Crippen LogP) is 2.96. The van der Waals surface area contributed by atoms with Gasteiger partial charge in [-0.05, 0) is 19.1 Å². The highest BCUT2D eigenvalue weighted by Crippen LogP contribution is 2.29. The van der Waals surface area contributed by atoms with Gasteiger partial charge in [0.25, 0.3) is 5.56 Å². The third-order valence-corrected chi connectivity index (χ3v) is 3.59. The van der Waals surface area contributed by atoms with E-state index in [-0.39, 0.29) is 5.56 Å². The average Bonchev–Trinajstić information content (AvgIpc) is 2.52. The molecular weight excluding hydrogens is 318 g/mol. The molecule has 118 valence electrons. The number of aromatic nitrogens is 3. The molecule has 1 N–H and O–H groups in total. The Bertz CT molecular complexity index is 933. The Kier molecular flexibility index (Phi) is 3.92. The normalized spacial score (nSPS) is 10.8. The predicted molar refractivity (Wildman–Crippen MR) is 88.4 cm³/mol. The van der Waals surface area contributed by atoms with Gasteiger partial charge in [0.15, 0.2) is 0 Å². The molecule has 0 aliphatic carbocycles. The summed E-state index contributed by atoms with van der Waals surface area (Å²) in [5.74, 6) is 1.37. The Balaban J connectivity index is 2.30. The van der Waals surface area contributed by atoms with Gasteiger partial charge >= 0.3 is 0 Å². The summed E-state index contributed by atoms with van der Waals surface area (Å²) in [6, 6.07) is 6.78. The van der Waals surface area contributed by atoms with E-state index in [1.165, 1.54) is 7.11 Å². The molecular formula is C16H14ClN3O3. The molecule has 0 radical (unpaired) electrons. The standard InChI is InChI=1S/C16H14ClN3O3/c1-8-4-9(5-13(17)18-8)15-19-11-6-10(22-2)7-12(23-3)14(11)16(21)20-15/h4-7H,1-3H3,(H,19,20,21). The Morgan fingerprint density at radius 2 is 1.87 bits per heavy atom. The summed E-state index contributed by atoms with van der Waals surface area (Å²) in [4.78, 5) is 23.8. The molecule has 0 saturated heterocycles. The van der Waals surface area contributed by atoms with Crippen molar-refractivity contribution in [2.75, 3.05) is 14.2 Å². The van der Waals surface area contributed by atoms with E-state index in [2.05, 4.69) is 15.0 Å². The number of pyridine rings is 1. The summed E-state index contributed by atoms with van der Waals surface area (Å²) in [6.45, 7) is 1.82. The third kappa shape index (κ3) is 2.85. The fraction of sp³-hybridized carbons (Fsp3) is 0.188. The molecule has 1 aromatic carbocycles.